The molecular weight excluding hydrogens is 224 g/mol. The van der Waals surface area contributed by atoms with E-state index in [4.69, 9.17) is 9.47 Å². The molecule has 0 radical (unpaired) electrons. The van der Waals surface area contributed by atoms with E-state index in [0.29, 0.717) is 10.6 Å². The lowest BCUT2D eigenvalue weighted by Gasteiger charge is -2.19. The number of carbonyl (C=O) groups is 1. The average Bonchev–Trinajstić information content (AvgIpc) is 2.14. The fourth-order valence-corrected chi connectivity index (χ4v) is 1.31. The van der Waals surface area contributed by atoms with Gasteiger partial charge in [-0.05, 0) is 32.9 Å². The van der Waals surface area contributed by atoms with E-state index in [2.05, 4.69) is 12.6 Å². The predicted octanol–water partition coefficient (Wildman–Crippen LogP) is 2.70. The standard InChI is InChI=1S/C12H16O3S/c1-12(2,3)15-11(13)8-14-9-6-4-5-7-10(9)16/h4-7,16H,8H2,1-3H3. The highest BCUT2D eigenvalue weighted by molar-refractivity contribution is 7.80. The zero-order valence-electron chi connectivity index (χ0n) is 9.69. The van der Waals surface area contributed by atoms with Crippen LogP contribution in [0.15, 0.2) is 29.2 Å². The third-order valence-corrected chi connectivity index (χ3v) is 2.00. The largest absolute Gasteiger partial charge is 0.481 e. The number of rotatable bonds is 3. The molecule has 0 spiro atoms. The minimum absolute atomic E-state index is 0.102. The first kappa shape index (κ1) is 12.9. The first-order valence-corrected chi connectivity index (χ1v) is 5.46. The summed E-state index contributed by atoms with van der Waals surface area (Å²) in [6.07, 6.45) is 0. The predicted molar refractivity (Wildman–Crippen MR) is 65.0 cm³/mol. The Labute approximate surface area is 101 Å². The van der Waals surface area contributed by atoms with Gasteiger partial charge in [0.1, 0.15) is 11.4 Å². The van der Waals surface area contributed by atoms with Crippen molar-refractivity contribution in [2.75, 3.05) is 6.61 Å². The summed E-state index contributed by atoms with van der Waals surface area (Å²) in [6.45, 7) is 5.35. The van der Waals surface area contributed by atoms with Crippen molar-refractivity contribution in [1.29, 1.82) is 0 Å². The molecule has 88 valence electrons. The molecule has 0 saturated carbocycles. The van der Waals surface area contributed by atoms with Crippen LogP contribution in [0.4, 0.5) is 0 Å². The van der Waals surface area contributed by atoms with Crippen molar-refractivity contribution in [2.45, 2.75) is 31.3 Å². The highest BCUT2D eigenvalue weighted by Crippen LogP contribution is 2.21. The van der Waals surface area contributed by atoms with Crippen LogP contribution >= 0.6 is 12.6 Å². The number of benzene rings is 1. The first-order valence-electron chi connectivity index (χ1n) is 5.01. The minimum Gasteiger partial charge on any atom is -0.481 e. The molecule has 0 unspecified atom stereocenters. The quantitative estimate of drug-likeness (QED) is 0.651. The summed E-state index contributed by atoms with van der Waals surface area (Å²) in [5, 5.41) is 0. The maximum absolute atomic E-state index is 11.4. The van der Waals surface area contributed by atoms with Gasteiger partial charge in [-0.3, -0.25) is 0 Å². The number of esters is 1. The normalized spacial score (nSPS) is 11.0. The van der Waals surface area contributed by atoms with E-state index in [-0.39, 0.29) is 12.6 Å². The van der Waals surface area contributed by atoms with Crippen molar-refractivity contribution < 1.29 is 14.3 Å². The molecule has 0 amide bonds. The molecule has 0 fully saturated rings. The number of ether oxygens (including phenoxy) is 2. The molecule has 0 atom stereocenters. The fourth-order valence-electron chi connectivity index (χ4n) is 1.09. The van der Waals surface area contributed by atoms with Gasteiger partial charge >= 0.3 is 5.97 Å². The summed E-state index contributed by atoms with van der Waals surface area (Å²) in [6, 6.07) is 7.23. The number of thiol groups is 1. The maximum Gasteiger partial charge on any atom is 0.344 e. The van der Waals surface area contributed by atoms with Crippen LogP contribution in [0.2, 0.25) is 0 Å². The van der Waals surface area contributed by atoms with E-state index in [0.717, 1.165) is 0 Å². The van der Waals surface area contributed by atoms with Gasteiger partial charge in [0.2, 0.25) is 0 Å². The average molecular weight is 240 g/mol. The SMILES string of the molecule is CC(C)(C)OC(=O)COc1ccccc1S. The molecule has 0 heterocycles. The van der Waals surface area contributed by atoms with Crippen LogP contribution in [0.1, 0.15) is 20.8 Å². The van der Waals surface area contributed by atoms with E-state index >= 15 is 0 Å². The summed E-state index contributed by atoms with van der Waals surface area (Å²) in [4.78, 5) is 12.1. The third-order valence-electron chi connectivity index (χ3n) is 1.63. The van der Waals surface area contributed by atoms with Crippen molar-refractivity contribution in [3.05, 3.63) is 24.3 Å². The highest BCUT2D eigenvalue weighted by atomic mass is 32.1. The molecule has 0 N–H and O–H groups in total. The van der Waals surface area contributed by atoms with Crippen LogP contribution < -0.4 is 4.74 Å². The van der Waals surface area contributed by atoms with Gasteiger partial charge in [0, 0.05) is 4.90 Å². The minimum atomic E-state index is -0.485. The van der Waals surface area contributed by atoms with Gasteiger partial charge in [0.15, 0.2) is 6.61 Å². The number of hydrogen-bond acceptors (Lipinski definition) is 4. The van der Waals surface area contributed by atoms with Crippen LogP contribution in [0.3, 0.4) is 0 Å². The topological polar surface area (TPSA) is 35.5 Å². The van der Waals surface area contributed by atoms with E-state index < -0.39 is 5.60 Å². The van der Waals surface area contributed by atoms with Crippen LogP contribution in [-0.2, 0) is 9.53 Å². The van der Waals surface area contributed by atoms with Crippen LogP contribution in [0, 0.1) is 0 Å². The Hall–Kier alpha value is -1.16. The van der Waals surface area contributed by atoms with Crippen LogP contribution in [-0.4, -0.2) is 18.2 Å². The lowest BCUT2D eigenvalue weighted by molar-refractivity contribution is -0.157. The molecule has 1 rings (SSSR count). The molecule has 4 heteroatoms. The molecular formula is C12H16O3S. The van der Waals surface area contributed by atoms with Crippen molar-refractivity contribution in [3.63, 3.8) is 0 Å². The summed E-state index contributed by atoms with van der Waals surface area (Å²) in [7, 11) is 0. The van der Waals surface area contributed by atoms with Crippen molar-refractivity contribution >= 4 is 18.6 Å². The molecule has 0 bridgehead atoms. The Balaban J connectivity index is 2.47. The van der Waals surface area contributed by atoms with Gasteiger partial charge in [0.05, 0.1) is 0 Å². The van der Waals surface area contributed by atoms with Gasteiger partial charge in [0.25, 0.3) is 0 Å². The second-order valence-electron chi connectivity index (χ2n) is 4.34. The number of carbonyl (C=O) groups excluding carboxylic acids is 1. The van der Waals surface area contributed by atoms with Gasteiger partial charge in [-0.15, -0.1) is 12.6 Å². The van der Waals surface area contributed by atoms with E-state index in [1.54, 1.807) is 12.1 Å². The third kappa shape index (κ3) is 4.57. The zero-order chi connectivity index (χ0) is 12.2. The molecule has 0 saturated heterocycles. The molecule has 3 nitrogen and oxygen atoms in total. The Morgan fingerprint density at radius 3 is 2.50 bits per heavy atom. The van der Waals surface area contributed by atoms with E-state index in [1.807, 2.05) is 32.9 Å². The Morgan fingerprint density at radius 2 is 1.94 bits per heavy atom. The molecule has 0 aromatic heterocycles. The number of para-hydroxylation sites is 1. The van der Waals surface area contributed by atoms with Crippen LogP contribution in [0.5, 0.6) is 5.75 Å². The van der Waals surface area contributed by atoms with E-state index in [9.17, 15) is 4.79 Å². The smallest absolute Gasteiger partial charge is 0.344 e. The maximum atomic E-state index is 11.4. The van der Waals surface area contributed by atoms with Crippen molar-refractivity contribution in [2.24, 2.45) is 0 Å². The van der Waals surface area contributed by atoms with Gasteiger partial charge in [-0.2, -0.15) is 0 Å². The molecule has 0 aliphatic heterocycles. The Bertz CT molecular complexity index is 369. The van der Waals surface area contributed by atoms with Gasteiger partial charge < -0.3 is 9.47 Å². The zero-order valence-corrected chi connectivity index (χ0v) is 10.6. The molecule has 1 aromatic rings. The van der Waals surface area contributed by atoms with Crippen molar-refractivity contribution in [3.8, 4) is 5.75 Å². The second kappa shape index (κ2) is 5.25. The molecule has 0 aliphatic carbocycles. The summed E-state index contributed by atoms with van der Waals surface area (Å²) >= 11 is 4.21. The van der Waals surface area contributed by atoms with Crippen LogP contribution in [0.25, 0.3) is 0 Å². The molecule has 1 aromatic carbocycles. The van der Waals surface area contributed by atoms with Gasteiger partial charge in [-0.1, -0.05) is 12.1 Å². The molecule has 0 aliphatic rings. The van der Waals surface area contributed by atoms with Gasteiger partial charge in [-0.25, -0.2) is 4.79 Å². The fraction of sp³-hybridized carbons (Fsp3) is 0.417. The first-order chi connectivity index (χ1) is 7.38. The Kier molecular flexibility index (Phi) is 4.24. The Morgan fingerprint density at radius 1 is 1.31 bits per heavy atom. The summed E-state index contributed by atoms with van der Waals surface area (Å²) in [5.41, 5.74) is -0.485. The molecule has 16 heavy (non-hydrogen) atoms. The lowest BCUT2D eigenvalue weighted by atomic mass is 10.2. The number of hydrogen-bond donors (Lipinski definition) is 1. The summed E-state index contributed by atoms with van der Waals surface area (Å²) < 4.78 is 10.4. The second-order valence-corrected chi connectivity index (χ2v) is 4.82. The van der Waals surface area contributed by atoms with E-state index in [1.165, 1.54) is 0 Å². The van der Waals surface area contributed by atoms with Crippen molar-refractivity contribution in [1.82, 2.24) is 0 Å². The highest BCUT2D eigenvalue weighted by Gasteiger charge is 2.16. The summed E-state index contributed by atoms with van der Waals surface area (Å²) in [5.74, 6) is 0.195. The lowest BCUT2D eigenvalue weighted by Crippen LogP contribution is -2.27. The monoisotopic (exact) mass is 240 g/mol.